The van der Waals surface area contributed by atoms with Gasteiger partial charge in [-0.1, -0.05) is 12.1 Å². The third kappa shape index (κ3) is 8.07. The number of aliphatic imine (C=N–C) groups is 1. The van der Waals surface area contributed by atoms with Crippen molar-refractivity contribution in [1.82, 2.24) is 10.6 Å². The number of benzene rings is 1. The number of halogens is 2. The zero-order valence-corrected chi connectivity index (χ0v) is 14.0. The van der Waals surface area contributed by atoms with Crippen molar-refractivity contribution in [3.05, 3.63) is 29.8 Å². The van der Waals surface area contributed by atoms with Gasteiger partial charge in [-0.05, 0) is 31.5 Å². The Bertz CT molecular complexity index is 484. The first kappa shape index (κ1) is 20.1. The SMILES string of the molecule is CCNC(=NCC(O)c1ccc(OC(F)F)cc1)NCCOCC. The van der Waals surface area contributed by atoms with Gasteiger partial charge in [0.15, 0.2) is 5.96 Å². The molecule has 24 heavy (non-hydrogen) atoms. The Morgan fingerprint density at radius 3 is 2.50 bits per heavy atom. The molecular formula is C16H25F2N3O3. The first-order valence-corrected chi connectivity index (χ1v) is 7.89. The van der Waals surface area contributed by atoms with Crippen LogP contribution in [0.3, 0.4) is 0 Å². The molecule has 1 rings (SSSR count). The summed E-state index contributed by atoms with van der Waals surface area (Å²) in [5.41, 5.74) is 0.575. The van der Waals surface area contributed by atoms with E-state index in [0.717, 1.165) is 0 Å². The summed E-state index contributed by atoms with van der Waals surface area (Å²) in [6, 6.07) is 5.85. The molecule has 0 aliphatic carbocycles. The summed E-state index contributed by atoms with van der Waals surface area (Å²) in [5, 5.41) is 16.3. The lowest BCUT2D eigenvalue weighted by atomic mass is 10.1. The van der Waals surface area contributed by atoms with Crippen molar-refractivity contribution in [2.45, 2.75) is 26.6 Å². The van der Waals surface area contributed by atoms with E-state index in [2.05, 4.69) is 20.4 Å². The highest BCUT2D eigenvalue weighted by atomic mass is 19.3. The highest BCUT2D eigenvalue weighted by Crippen LogP contribution is 2.19. The van der Waals surface area contributed by atoms with Crippen molar-refractivity contribution in [1.29, 1.82) is 0 Å². The van der Waals surface area contributed by atoms with Crippen LogP contribution in [0, 0.1) is 0 Å². The summed E-state index contributed by atoms with van der Waals surface area (Å²) in [6.07, 6.45) is -0.840. The van der Waals surface area contributed by atoms with Crippen molar-refractivity contribution < 1.29 is 23.4 Å². The number of alkyl halides is 2. The van der Waals surface area contributed by atoms with Crippen LogP contribution in [0.1, 0.15) is 25.5 Å². The molecule has 0 heterocycles. The van der Waals surface area contributed by atoms with Crippen molar-refractivity contribution in [3.8, 4) is 5.75 Å². The summed E-state index contributed by atoms with van der Waals surface area (Å²) in [7, 11) is 0. The van der Waals surface area contributed by atoms with Crippen molar-refractivity contribution in [2.24, 2.45) is 4.99 Å². The van der Waals surface area contributed by atoms with E-state index >= 15 is 0 Å². The monoisotopic (exact) mass is 345 g/mol. The minimum Gasteiger partial charge on any atom is -0.435 e. The van der Waals surface area contributed by atoms with E-state index in [4.69, 9.17) is 4.74 Å². The molecule has 6 nitrogen and oxygen atoms in total. The van der Waals surface area contributed by atoms with Gasteiger partial charge >= 0.3 is 6.61 Å². The Labute approximate surface area is 140 Å². The fraction of sp³-hybridized carbons (Fsp3) is 0.562. The van der Waals surface area contributed by atoms with Gasteiger partial charge in [-0.3, -0.25) is 4.99 Å². The molecule has 0 amide bonds. The van der Waals surface area contributed by atoms with Crippen molar-refractivity contribution in [3.63, 3.8) is 0 Å². The molecule has 0 saturated heterocycles. The molecule has 1 atom stereocenters. The van der Waals surface area contributed by atoms with Gasteiger partial charge in [0.1, 0.15) is 5.75 Å². The van der Waals surface area contributed by atoms with Gasteiger partial charge in [0.05, 0.1) is 19.3 Å². The maximum absolute atomic E-state index is 12.1. The van der Waals surface area contributed by atoms with Crippen LogP contribution in [0.5, 0.6) is 5.75 Å². The van der Waals surface area contributed by atoms with E-state index < -0.39 is 12.7 Å². The average molecular weight is 345 g/mol. The molecule has 0 aliphatic heterocycles. The summed E-state index contributed by atoms with van der Waals surface area (Å²) in [4.78, 5) is 4.30. The number of aliphatic hydroxyl groups is 1. The molecule has 136 valence electrons. The van der Waals surface area contributed by atoms with E-state index in [0.29, 0.717) is 37.8 Å². The summed E-state index contributed by atoms with van der Waals surface area (Å²) >= 11 is 0. The average Bonchev–Trinajstić information content (AvgIpc) is 2.56. The number of ether oxygens (including phenoxy) is 2. The molecule has 0 saturated carbocycles. The van der Waals surface area contributed by atoms with E-state index in [-0.39, 0.29) is 12.3 Å². The Kier molecular flexibility index (Phi) is 9.71. The Morgan fingerprint density at radius 2 is 1.92 bits per heavy atom. The highest BCUT2D eigenvalue weighted by Gasteiger charge is 2.09. The van der Waals surface area contributed by atoms with Crippen LogP contribution in [-0.2, 0) is 4.74 Å². The first-order chi connectivity index (χ1) is 11.6. The minimum absolute atomic E-state index is 0.0513. The number of hydrogen-bond acceptors (Lipinski definition) is 4. The predicted octanol–water partition coefficient (Wildman–Crippen LogP) is 1.91. The second-order valence-corrected chi connectivity index (χ2v) is 4.81. The zero-order chi connectivity index (χ0) is 17.8. The topological polar surface area (TPSA) is 75.1 Å². The number of aliphatic hydroxyl groups excluding tert-OH is 1. The van der Waals surface area contributed by atoms with Gasteiger partial charge in [-0.25, -0.2) is 0 Å². The van der Waals surface area contributed by atoms with Gasteiger partial charge in [0.25, 0.3) is 0 Å². The predicted molar refractivity (Wildman–Crippen MR) is 88.5 cm³/mol. The number of guanidine groups is 1. The Morgan fingerprint density at radius 1 is 1.21 bits per heavy atom. The largest absolute Gasteiger partial charge is 0.435 e. The normalized spacial score (nSPS) is 13.0. The van der Waals surface area contributed by atoms with Gasteiger partial charge in [-0.2, -0.15) is 8.78 Å². The zero-order valence-electron chi connectivity index (χ0n) is 14.0. The third-order valence-electron chi connectivity index (χ3n) is 3.00. The molecule has 0 fully saturated rings. The van der Waals surface area contributed by atoms with Crippen LogP contribution in [0.4, 0.5) is 8.78 Å². The second-order valence-electron chi connectivity index (χ2n) is 4.81. The number of nitrogens with one attached hydrogen (secondary N) is 2. The molecule has 0 bridgehead atoms. The number of hydrogen-bond donors (Lipinski definition) is 3. The van der Waals surface area contributed by atoms with E-state index in [1.54, 1.807) is 0 Å². The molecule has 0 aliphatic rings. The van der Waals surface area contributed by atoms with Crippen molar-refractivity contribution >= 4 is 5.96 Å². The molecule has 1 aromatic rings. The van der Waals surface area contributed by atoms with Gasteiger partial charge in [0, 0.05) is 19.7 Å². The lowest BCUT2D eigenvalue weighted by Gasteiger charge is -2.13. The first-order valence-electron chi connectivity index (χ1n) is 7.89. The van der Waals surface area contributed by atoms with Crippen LogP contribution < -0.4 is 15.4 Å². The molecule has 8 heteroatoms. The third-order valence-corrected chi connectivity index (χ3v) is 3.00. The molecule has 1 aromatic carbocycles. The maximum atomic E-state index is 12.1. The van der Waals surface area contributed by atoms with Crippen LogP contribution in [0.2, 0.25) is 0 Å². The Balaban J connectivity index is 2.54. The smallest absolute Gasteiger partial charge is 0.387 e. The van der Waals surface area contributed by atoms with Gasteiger partial charge in [-0.15, -0.1) is 0 Å². The highest BCUT2D eigenvalue weighted by molar-refractivity contribution is 5.79. The van der Waals surface area contributed by atoms with Crippen LogP contribution in [-0.4, -0.2) is 50.5 Å². The fourth-order valence-electron chi connectivity index (χ4n) is 1.88. The lowest BCUT2D eigenvalue weighted by molar-refractivity contribution is -0.0498. The van der Waals surface area contributed by atoms with E-state index in [9.17, 15) is 13.9 Å². The van der Waals surface area contributed by atoms with Gasteiger partial charge in [0.2, 0.25) is 0 Å². The summed E-state index contributed by atoms with van der Waals surface area (Å²) in [5.74, 6) is 0.629. The Hall–Kier alpha value is -1.93. The minimum atomic E-state index is -2.86. The molecule has 0 aromatic heterocycles. The maximum Gasteiger partial charge on any atom is 0.387 e. The summed E-state index contributed by atoms with van der Waals surface area (Å²) < 4.78 is 33.7. The van der Waals surface area contributed by atoms with Crippen molar-refractivity contribution in [2.75, 3.05) is 32.8 Å². The van der Waals surface area contributed by atoms with Gasteiger partial charge < -0.3 is 25.2 Å². The molecule has 1 unspecified atom stereocenters. The summed E-state index contributed by atoms with van der Waals surface area (Å²) in [6.45, 7) is 3.65. The van der Waals surface area contributed by atoms with E-state index in [1.165, 1.54) is 24.3 Å². The van der Waals surface area contributed by atoms with E-state index in [1.807, 2.05) is 13.8 Å². The van der Waals surface area contributed by atoms with Crippen LogP contribution in [0.15, 0.2) is 29.3 Å². The quantitative estimate of drug-likeness (QED) is 0.343. The number of rotatable bonds is 10. The van der Waals surface area contributed by atoms with Crippen LogP contribution in [0.25, 0.3) is 0 Å². The lowest BCUT2D eigenvalue weighted by Crippen LogP contribution is -2.39. The standard InChI is InChI=1S/C16H25F2N3O3/c1-3-19-16(20-9-10-23-4-2)21-11-14(22)12-5-7-13(8-6-12)24-15(17)18/h5-8,14-15,22H,3-4,9-11H2,1-2H3,(H2,19,20,21). The molecule has 0 radical (unpaired) electrons. The van der Waals surface area contributed by atoms with Crippen LogP contribution >= 0.6 is 0 Å². The number of nitrogens with zero attached hydrogens (tertiary/aromatic N) is 1. The molecule has 3 N–H and O–H groups in total. The molecule has 0 spiro atoms. The molecular weight excluding hydrogens is 320 g/mol. The fourth-order valence-corrected chi connectivity index (χ4v) is 1.88. The second kappa shape index (κ2) is 11.6.